The molecule has 2 aliphatic rings. The highest BCUT2D eigenvalue weighted by atomic mass is 16.5. The fourth-order valence-corrected chi connectivity index (χ4v) is 7.79. The fraction of sp³-hybridized carbons (Fsp3) is 0.542. The molecule has 0 bridgehead atoms. The van der Waals surface area contributed by atoms with Gasteiger partial charge in [0.05, 0.1) is 19.8 Å². The highest BCUT2D eigenvalue weighted by molar-refractivity contribution is 5.87. The molecular weight excluding hydrogens is 689 g/mol. The molecule has 0 spiro atoms. The van der Waals surface area contributed by atoms with Gasteiger partial charge in [0.25, 0.3) is 0 Å². The third-order valence-corrected chi connectivity index (χ3v) is 11.3. The molecular formula is C48H66O7. The Balaban J connectivity index is 1.51. The van der Waals surface area contributed by atoms with Gasteiger partial charge in [-0.1, -0.05) is 101 Å². The van der Waals surface area contributed by atoms with E-state index in [-0.39, 0.29) is 32.3 Å². The molecule has 300 valence electrons. The zero-order valence-electron chi connectivity index (χ0n) is 33.8. The quantitative estimate of drug-likeness (QED) is 0.0662. The molecule has 0 saturated heterocycles. The molecule has 1 saturated carbocycles. The van der Waals surface area contributed by atoms with Crippen LogP contribution in [0.15, 0.2) is 78.9 Å². The Labute approximate surface area is 330 Å². The number of allylic oxidation sites excluding steroid dienone is 4. The molecule has 0 aromatic heterocycles. The Bertz CT molecular complexity index is 1550. The molecule has 1 fully saturated rings. The van der Waals surface area contributed by atoms with Crippen molar-refractivity contribution in [3.8, 4) is 16.9 Å². The molecule has 7 nitrogen and oxygen atoms in total. The van der Waals surface area contributed by atoms with Crippen LogP contribution in [0, 0.1) is 23.7 Å². The van der Waals surface area contributed by atoms with Crippen molar-refractivity contribution >= 4 is 17.5 Å². The van der Waals surface area contributed by atoms with E-state index in [1.807, 2.05) is 0 Å². The lowest BCUT2D eigenvalue weighted by atomic mass is 9.72. The number of unbranched alkanes of at least 4 members (excludes halogenated alkanes) is 2. The number of ether oxygens (including phenoxy) is 3. The summed E-state index contributed by atoms with van der Waals surface area (Å²) in [5, 5.41) is 19.3. The first kappa shape index (κ1) is 43.8. The summed E-state index contributed by atoms with van der Waals surface area (Å²) in [4.78, 5) is 24.1. The lowest BCUT2D eigenvalue weighted by molar-refractivity contribution is -0.139. The summed E-state index contributed by atoms with van der Waals surface area (Å²) in [7, 11) is 0. The van der Waals surface area contributed by atoms with Gasteiger partial charge >= 0.3 is 11.9 Å². The zero-order valence-corrected chi connectivity index (χ0v) is 33.8. The monoisotopic (exact) mass is 754 g/mol. The molecule has 0 aliphatic heterocycles. The molecule has 2 aromatic rings. The highest BCUT2D eigenvalue weighted by Crippen LogP contribution is 2.40. The number of hydrogen-bond acceptors (Lipinski definition) is 7. The average Bonchev–Trinajstić information content (AvgIpc) is 3.20. The van der Waals surface area contributed by atoms with E-state index < -0.39 is 11.9 Å². The van der Waals surface area contributed by atoms with E-state index in [1.54, 1.807) is 13.8 Å². The van der Waals surface area contributed by atoms with E-state index in [2.05, 4.69) is 74.7 Å². The van der Waals surface area contributed by atoms with Gasteiger partial charge in [0.2, 0.25) is 0 Å². The predicted octanol–water partition coefficient (Wildman–Crippen LogP) is 10.2. The Kier molecular flexibility index (Phi) is 18.5. The van der Waals surface area contributed by atoms with Gasteiger partial charge in [0.15, 0.2) is 0 Å². The number of carbonyl (C=O) groups excluding carboxylic acids is 2. The van der Waals surface area contributed by atoms with Crippen LogP contribution in [0.2, 0.25) is 0 Å². The van der Waals surface area contributed by atoms with Gasteiger partial charge < -0.3 is 24.4 Å². The topological polar surface area (TPSA) is 102 Å². The minimum atomic E-state index is -0.409. The van der Waals surface area contributed by atoms with Gasteiger partial charge in [0.1, 0.15) is 5.75 Å². The minimum absolute atomic E-state index is 0.121. The first-order chi connectivity index (χ1) is 26.6. The standard InChI is InChI=1S/C48H66O7/c1-6-7-8-11-36-14-16-38(17-15-36)39-18-20-40(21-19-39)41-22-24-42(25-23-41)45-30-43(12-9-27-54-47(51)34(2)3)46(53-29-26-37(32-49)33-50)44(31-45)13-10-28-55-48(52)35(4)5/h18,20-25,30-31,36-39,49-50H,2,4,6-17,19,26-29,32-33H2,1,3,5H3. The Hall–Kier alpha value is -3.94. The van der Waals surface area contributed by atoms with Crippen LogP contribution in [0.25, 0.3) is 16.7 Å². The van der Waals surface area contributed by atoms with Gasteiger partial charge in [-0.15, -0.1) is 0 Å². The van der Waals surface area contributed by atoms with Crippen LogP contribution >= 0.6 is 0 Å². The second kappa shape index (κ2) is 23.2. The Morgan fingerprint density at radius 1 is 0.782 bits per heavy atom. The predicted molar refractivity (Wildman–Crippen MR) is 223 cm³/mol. The summed E-state index contributed by atoms with van der Waals surface area (Å²) in [5.74, 6) is 2.03. The number of rotatable bonds is 23. The lowest BCUT2D eigenvalue weighted by Gasteiger charge is -2.33. The van der Waals surface area contributed by atoms with E-state index >= 15 is 0 Å². The third kappa shape index (κ3) is 13.9. The molecule has 0 radical (unpaired) electrons. The van der Waals surface area contributed by atoms with E-state index in [0.717, 1.165) is 46.3 Å². The largest absolute Gasteiger partial charge is 0.493 e. The van der Waals surface area contributed by atoms with Gasteiger partial charge in [-0.05, 0) is 128 Å². The molecule has 2 N–H and O–H groups in total. The Morgan fingerprint density at radius 3 is 1.87 bits per heavy atom. The van der Waals surface area contributed by atoms with Crippen molar-refractivity contribution in [1.82, 2.24) is 0 Å². The van der Waals surface area contributed by atoms with Crippen molar-refractivity contribution in [2.75, 3.05) is 33.0 Å². The maximum atomic E-state index is 12.1. The lowest BCUT2D eigenvalue weighted by Crippen LogP contribution is -2.21. The van der Waals surface area contributed by atoms with Crippen LogP contribution in [-0.2, 0) is 31.9 Å². The molecule has 0 amide bonds. The maximum Gasteiger partial charge on any atom is 0.333 e. The van der Waals surface area contributed by atoms with Crippen LogP contribution in [0.5, 0.6) is 5.75 Å². The van der Waals surface area contributed by atoms with E-state index in [0.29, 0.717) is 55.8 Å². The van der Waals surface area contributed by atoms with Crippen molar-refractivity contribution in [3.05, 3.63) is 95.6 Å². The SMILES string of the molecule is C=C(C)C(=O)OCCCc1cc(-c2ccc(C3=CCC(C4CCC(CCCCC)CC4)C=C3)cc2)cc(CCCOC(=O)C(=C)C)c1OCCC(CO)CO. The molecule has 4 rings (SSSR count). The second-order valence-electron chi connectivity index (χ2n) is 15.8. The molecule has 7 heteroatoms. The van der Waals surface area contributed by atoms with Crippen molar-refractivity contribution in [2.45, 2.75) is 111 Å². The first-order valence-corrected chi connectivity index (χ1v) is 20.8. The highest BCUT2D eigenvalue weighted by Gasteiger charge is 2.27. The third-order valence-electron chi connectivity index (χ3n) is 11.3. The van der Waals surface area contributed by atoms with Crippen LogP contribution in [0.4, 0.5) is 0 Å². The van der Waals surface area contributed by atoms with Crippen LogP contribution < -0.4 is 4.74 Å². The molecule has 1 atom stereocenters. The number of esters is 2. The van der Waals surface area contributed by atoms with E-state index in [1.165, 1.54) is 62.5 Å². The number of benzene rings is 2. The van der Waals surface area contributed by atoms with E-state index in [4.69, 9.17) is 14.2 Å². The van der Waals surface area contributed by atoms with Crippen LogP contribution in [0.1, 0.15) is 115 Å². The maximum absolute atomic E-state index is 12.1. The van der Waals surface area contributed by atoms with Crippen molar-refractivity contribution < 1.29 is 34.0 Å². The van der Waals surface area contributed by atoms with Crippen LogP contribution in [-0.4, -0.2) is 55.2 Å². The smallest absolute Gasteiger partial charge is 0.333 e. The summed E-state index contributed by atoms with van der Waals surface area (Å²) in [5.41, 5.74) is 7.29. The number of aryl methyl sites for hydroxylation is 2. The van der Waals surface area contributed by atoms with Crippen molar-refractivity contribution in [3.63, 3.8) is 0 Å². The van der Waals surface area contributed by atoms with Crippen LogP contribution in [0.3, 0.4) is 0 Å². The Morgan fingerprint density at radius 2 is 1.36 bits per heavy atom. The number of aliphatic hydroxyl groups is 2. The van der Waals surface area contributed by atoms with Crippen molar-refractivity contribution in [2.24, 2.45) is 23.7 Å². The number of hydrogen-bond donors (Lipinski definition) is 2. The average molecular weight is 755 g/mol. The summed E-state index contributed by atoms with van der Waals surface area (Å²) in [6.45, 7) is 13.5. The van der Waals surface area contributed by atoms with Gasteiger partial charge in [-0.2, -0.15) is 0 Å². The zero-order chi connectivity index (χ0) is 39.6. The normalized spacial score (nSPS) is 18.1. The summed E-state index contributed by atoms with van der Waals surface area (Å²) in [6.07, 6.45) is 22.2. The molecule has 2 aliphatic carbocycles. The number of carbonyl (C=O) groups is 2. The van der Waals surface area contributed by atoms with Gasteiger partial charge in [-0.25, -0.2) is 9.59 Å². The minimum Gasteiger partial charge on any atom is -0.493 e. The molecule has 1 unspecified atom stereocenters. The first-order valence-electron chi connectivity index (χ1n) is 20.8. The van der Waals surface area contributed by atoms with E-state index in [9.17, 15) is 19.8 Å². The molecule has 0 heterocycles. The summed E-state index contributed by atoms with van der Waals surface area (Å²) >= 11 is 0. The summed E-state index contributed by atoms with van der Waals surface area (Å²) in [6, 6.07) is 13.1. The number of aliphatic hydroxyl groups excluding tert-OH is 2. The van der Waals surface area contributed by atoms with Gasteiger partial charge in [-0.3, -0.25) is 0 Å². The van der Waals surface area contributed by atoms with Gasteiger partial charge in [0, 0.05) is 30.3 Å². The summed E-state index contributed by atoms with van der Waals surface area (Å²) < 4.78 is 17.2. The molecule has 2 aromatic carbocycles. The molecule has 55 heavy (non-hydrogen) atoms. The second-order valence-corrected chi connectivity index (χ2v) is 15.8. The van der Waals surface area contributed by atoms with Crippen molar-refractivity contribution in [1.29, 1.82) is 0 Å². The fourth-order valence-electron chi connectivity index (χ4n) is 7.79.